The molecular weight excluding hydrogens is 540 g/mol. The highest BCUT2D eigenvalue weighted by atomic mass is 79.9. The molecule has 1 atom stereocenters. The fourth-order valence-corrected chi connectivity index (χ4v) is 4.21. The Morgan fingerprint density at radius 3 is 2.53 bits per heavy atom. The van der Waals surface area contributed by atoms with Crippen LogP contribution in [-0.4, -0.2) is 29.2 Å². The summed E-state index contributed by atoms with van der Waals surface area (Å²) in [5.74, 6) is -0.191. The van der Waals surface area contributed by atoms with E-state index in [1.807, 2.05) is 39.0 Å². The van der Waals surface area contributed by atoms with Gasteiger partial charge in [-0.1, -0.05) is 65.0 Å². The molecule has 3 amide bonds. The molecule has 1 heterocycles. The number of carbonyl (C=O) groups is 2. The number of urea groups is 1. The third kappa shape index (κ3) is 7.42. The Morgan fingerprint density at radius 1 is 1.22 bits per heavy atom. The molecule has 0 spiro atoms. The van der Waals surface area contributed by atoms with Gasteiger partial charge in [-0.3, -0.25) is 9.79 Å². The van der Waals surface area contributed by atoms with Crippen molar-refractivity contribution in [3.05, 3.63) is 94.0 Å². The molecule has 0 radical (unpaired) electrons. The molecule has 1 aliphatic heterocycles. The van der Waals surface area contributed by atoms with Gasteiger partial charge < -0.3 is 16.0 Å². The van der Waals surface area contributed by atoms with Crippen molar-refractivity contribution in [1.29, 1.82) is 0 Å². The molecule has 1 aliphatic rings. The molecule has 0 aliphatic carbocycles. The van der Waals surface area contributed by atoms with Crippen molar-refractivity contribution >= 4 is 56.6 Å². The number of anilines is 2. The van der Waals surface area contributed by atoms with Crippen molar-refractivity contribution in [2.45, 2.75) is 45.2 Å². The molecular formula is C28H30BrClN4O2. The molecule has 6 nitrogen and oxygen atoms in total. The Balaban J connectivity index is 1.94. The lowest BCUT2D eigenvalue weighted by Crippen LogP contribution is -2.43. The smallest absolute Gasteiger partial charge is 0.319 e. The van der Waals surface area contributed by atoms with Gasteiger partial charge in [0.2, 0.25) is 5.91 Å². The van der Waals surface area contributed by atoms with Gasteiger partial charge in [0.15, 0.2) is 0 Å². The molecule has 0 bridgehead atoms. The Morgan fingerprint density at radius 2 is 1.92 bits per heavy atom. The molecule has 3 rings (SSSR count). The lowest BCUT2D eigenvalue weighted by atomic mass is 10.00. The van der Waals surface area contributed by atoms with E-state index in [2.05, 4.69) is 45.0 Å². The number of hydrogen-bond acceptors (Lipinski definition) is 3. The fourth-order valence-electron chi connectivity index (χ4n) is 3.71. The van der Waals surface area contributed by atoms with E-state index >= 15 is 0 Å². The maximum atomic E-state index is 13.1. The Bertz CT molecular complexity index is 1240. The Labute approximate surface area is 225 Å². The number of aliphatic imine (C=N–C) groups is 1. The van der Waals surface area contributed by atoms with Crippen LogP contribution in [0.15, 0.2) is 82.8 Å². The van der Waals surface area contributed by atoms with Crippen LogP contribution in [-0.2, 0) is 4.79 Å². The zero-order valence-corrected chi connectivity index (χ0v) is 23.0. The molecule has 0 aromatic heterocycles. The second-order valence-corrected chi connectivity index (χ2v) is 10.8. The number of rotatable bonds is 7. The van der Waals surface area contributed by atoms with Gasteiger partial charge in [0.05, 0.1) is 11.4 Å². The largest absolute Gasteiger partial charge is 0.333 e. The first-order valence-electron chi connectivity index (χ1n) is 11.5. The van der Waals surface area contributed by atoms with Crippen molar-refractivity contribution in [2.75, 3.05) is 10.6 Å². The summed E-state index contributed by atoms with van der Waals surface area (Å²) >= 11 is 9.73. The molecule has 2 aromatic carbocycles. The van der Waals surface area contributed by atoms with E-state index in [-0.39, 0.29) is 17.5 Å². The van der Waals surface area contributed by atoms with Gasteiger partial charge >= 0.3 is 6.03 Å². The van der Waals surface area contributed by atoms with E-state index < -0.39 is 6.04 Å². The molecule has 2 aromatic rings. The number of halogens is 2. The van der Waals surface area contributed by atoms with Gasteiger partial charge in [0.1, 0.15) is 6.04 Å². The zero-order valence-electron chi connectivity index (χ0n) is 20.6. The fraction of sp³-hybridized carbons (Fsp3) is 0.250. The van der Waals surface area contributed by atoms with Gasteiger partial charge in [0, 0.05) is 31.9 Å². The second kappa shape index (κ2) is 11.7. The lowest BCUT2D eigenvalue weighted by molar-refractivity contribution is -0.117. The number of nitrogens with zero attached hydrogens (tertiary/aromatic N) is 1. The van der Waals surface area contributed by atoms with Crippen LogP contribution in [0.25, 0.3) is 0 Å². The topological polar surface area (TPSA) is 82.6 Å². The van der Waals surface area contributed by atoms with Crippen LogP contribution in [0.4, 0.5) is 16.2 Å². The standard InChI is InChI=1S/C28H30BrClN4O2/c1-6-7-18(17(2)29)10-14-24-26(35)33-23-15-11-20(30)16-22(23)25(32-24)19-8-12-21(13-9-19)31-27(36)34-28(3,4)5/h6-9,11-13,15-16,24H,1-2,10,14H2,3-5H3,(H,33,35)(H2,31,34,36)/b18-7-. The number of benzodiazepines with no additional fused rings is 1. The Kier molecular flexibility index (Phi) is 8.93. The van der Waals surface area contributed by atoms with E-state index in [1.54, 1.807) is 36.4 Å². The predicted molar refractivity (Wildman–Crippen MR) is 153 cm³/mol. The van der Waals surface area contributed by atoms with Crippen molar-refractivity contribution < 1.29 is 9.59 Å². The van der Waals surface area contributed by atoms with Gasteiger partial charge in [-0.25, -0.2) is 4.79 Å². The summed E-state index contributed by atoms with van der Waals surface area (Å²) in [5, 5.41) is 9.24. The van der Waals surface area contributed by atoms with Crippen LogP contribution < -0.4 is 16.0 Å². The number of allylic oxidation sites excluding steroid dienone is 4. The molecule has 0 saturated heterocycles. The zero-order chi connectivity index (χ0) is 26.5. The number of benzene rings is 2. The molecule has 0 saturated carbocycles. The number of hydrogen-bond donors (Lipinski definition) is 3. The van der Waals surface area contributed by atoms with Crippen LogP contribution in [0.3, 0.4) is 0 Å². The van der Waals surface area contributed by atoms with E-state index in [1.165, 1.54) is 0 Å². The molecule has 36 heavy (non-hydrogen) atoms. The average molecular weight is 570 g/mol. The van der Waals surface area contributed by atoms with E-state index in [0.29, 0.717) is 35.0 Å². The van der Waals surface area contributed by atoms with Gasteiger partial charge in [0.25, 0.3) is 0 Å². The number of amides is 3. The summed E-state index contributed by atoms with van der Waals surface area (Å²) in [4.78, 5) is 30.2. The summed E-state index contributed by atoms with van der Waals surface area (Å²) < 4.78 is 0.745. The van der Waals surface area contributed by atoms with Gasteiger partial charge in [-0.2, -0.15) is 0 Å². The molecule has 8 heteroatoms. The molecule has 0 fully saturated rings. The highest BCUT2D eigenvalue weighted by Gasteiger charge is 2.26. The van der Waals surface area contributed by atoms with Crippen molar-refractivity contribution in [3.8, 4) is 0 Å². The van der Waals surface area contributed by atoms with E-state index in [9.17, 15) is 9.59 Å². The van der Waals surface area contributed by atoms with Gasteiger partial charge in [-0.15, -0.1) is 0 Å². The minimum Gasteiger partial charge on any atom is -0.333 e. The number of fused-ring (bicyclic) bond motifs is 1. The van der Waals surface area contributed by atoms with Crippen molar-refractivity contribution in [1.82, 2.24) is 5.32 Å². The van der Waals surface area contributed by atoms with Crippen LogP contribution in [0.2, 0.25) is 5.02 Å². The molecule has 3 N–H and O–H groups in total. The maximum absolute atomic E-state index is 13.1. The Hall–Kier alpha value is -3.16. The maximum Gasteiger partial charge on any atom is 0.319 e. The summed E-state index contributed by atoms with van der Waals surface area (Å²) in [5.41, 5.74) is 4.06. The minimum absolute atomic E-state index is 0.191. The van der Waals surface area contributed by atoms with Crippen molar-refractivity contribution in [2.24, 2.45) is 4.99 Å². The predicted octanol–water partition coefficient (Wildman–Crippen LogP) is 7.22. The van der Waals surface area contributed by atoms with Gasteiger partial charge in [-0.05, 0) is 69.5 Å². The van der Waals surface area contributed by atoms with Crippen molar-refractivity contribution in [3.63, 3.8) is 0 Å². The quantitative estimate of drug-likeness (QED) is 0.308. The summed E-state index contributed by atoms with van der Waals surface area (Å²) in [6.07, 6.45) is 4.63. The normalized spacial score (nSPS) is 15.7. The van der Waals surface area contributed by atoms with Crippen LogP contribution in [0.5, 0.6) is 0 Å². The molecule has 1 unspecified atom stereocenters. The van der Waals surface area contributed by atoms with Crippen LogP contribution in [0.1, 0.15) is 44.7 Å². The average Bonchev–Trinajstić information content (AvgIpc) is 2.91. The first kappa shape index (κ1) is 27.4. The minimum atomic E-state index is -0.624. The summed E-state index contributed by atoms with van der Waals surface area (Å²) in [7, 11) is 0. The monoisotopic (exact) mass is 568 g/mol. The first-order chi connectivity index (χ1) is 17.0. The van der Waals surface area contributed by atoms with E-state index in [4.69, 9.17) is 16.6 Å². The lowest BCUT2D eigenvalue weighted by Gasteiger charge is -2.20. The van der Waals surface area contributed by atoms with Crippen LogP contribution in [0, 0.1) is 0 Å². The number of carbonyl (C=O) groups excluding carboxylic acids is 2. The molecule has 188 valence electrons. The third-order valence-corrected chi connectivity index (χ3v) is 6.09. The summed E-state index contributed by atoms with van der Waals surface area (Å²) in [6, 6.07) is 11.7. The van der Waals surface area contributed by atoms with Crippen LogP contribution >= 0.6 is 27.5 Å². The SMILES string of the molecule is C=C/C=C(/CCC1N=C(c2ccc(NC(=O)NC(C)(C)C)cc2)c2cc(Cl)ccc2NC1=O)C(=C)Br. The van der Waals surface area contributed by atoms with E-state index in [0.717, 1.165) is 21.2 Å². The first-order valence-corrected chi connectivity index (χ1v) is 12.7. The third-order valence-electron chi connectivity index (χ3n) is 5.34. The highest BCUT2D eigenvalue weighted by Crippen LogP contribution is 2.30. The second-order valence-electron chi connectivity index (χ2n) is 9.45. The highest BCUT2D eigenvalue weighted by molar-refractivity contribution is 9.11. The number of nitrogens with one attached hydrogen (secondary N) is 3. The summed E-state index contributed by atoms with van der Waals surface area (Å²) in [6.45, 7) is 13.4.